The van der Waals surface area contributed by atoms with Gasteiger partial charge in [0.15, 0.2) is 0 Å². The van der Waals surface area contributed by atoms with Crippen LogP contribution >= 0.6 is 0 Å². The molecule has 2 unspecified atom stereocenters. The molecule has 0 radical (unpaired) electrons. The Kier molecular flexibility index (Phi) is 2.33. The van der Waals surface area contributed by atoms with E-state index < -0.39 is 0 Å². The molecule has 0 amide bonds. The highest BCUT2D eigenvalue weighted by Gasteiger charge is 2.51. The Morgan fingerprint density at radius 3 is 2.33 bits per heavy atom. The molecule has 15 heavy (non-hydrogen) atoms. The van der Waals surface area contributed by atoms with Crippen molar-refractivity contribution in [1.82, 2.24) is 4.90 Å². The number of ether oxygens (including phenoxy) is 1. The van der Waals surface area contributed by atoms with E-state index in [0.29, 0.717) is 6.10 Å². The average molecular weight is 209 g/mol. The lowest BCUT2D eigenvalue weighted by Gasteiger charge is -2.56. The van der Waals surface area contributed by atoms with Gasteiger partial charge in [-0.3, -0.25) is 4.90 Å². The van der Waals surface area contributed by atoms with Crippen molar-refractivity contribution in [3.8, 4) is 0 Å². The summed E-state index contributed by atoms with van der Waals surface area (Å²) >= 11 is 0. The molecule has 0 aromatic carbocycles. The number of hydrogen-bond donors (Lipinski definition) is 0. The Morgan fingerprint density at radius 1 is 1.20 bits per heavy atom. The molecule has 2 bridgehead atoms. The number of nitrogens with zero attached hydrogens (tertiary/aromatic N) is 1. The lowest BCUT2D eigenvalue weighted by Crippen LogP contribution is -2.63. The van der Waals surface area contributed by atoms with Crippen molar-refractivity contribution in [1.29, 1.82) is 0 Å². The molecular weight excluding hydrogens is 186 g/mol. The number of hydrogen-bond acceptors (Lipinski definition) is 2. The minimum absolute atomic E-state index is 0.557. The van der Waals surface area contributed by atoms with Gasteiger partial charge in [0, 0.05) is 25.7 Å². The fourth-order valence-corrected chi connectivity index (χ4v) is 3.55. The molecular formula is C13H23NO. The molecule has 2 nitrogen and oxygen atoms in total. The van der Waals surface area contributed by atoms with E-state index in [4.69, 9.17) is 4.74 Å². The molecule has 3 fully saturated rings. The maximum atomic E-state index is 5.49. The van der Waals surface area contributed by atoms with E-state index in [0.717, 1.165) is 17.5 Å². The van der Waals surface area contributed by atoms with Crippen LogP contribution in [-0.2, 0) is 4.74 Å². The van der Waals surface area contributed by atoms with Gasteiger partial charge in [0.05, 0.1) is 6.10 Å². The minimum atomic E-state index is 0.557. The van der Waals surface area contributed by atoms with Gasteiger partial charge in [-0.1, -0.05) is 6.92 Å². The molecule has 2 saturated heterocycles. The van der Waals surface area contributed by atoms with E-state index in [2.05, 4.69) is 11.8 Å². The summed E-state index contributed by atoms with van der Waals surface area (Å²) in [7, 11) is 1.87. The molecule has 3 rings (SSSR count). The number of rotatable bonds is 4. The minimum Gasteiger partial charge on any atom is -0.381 e. The summed E-state index contributed by atoms with van der Waals surface area (Å²) in [6.45, 7) is 3.75. The number of methoxy groups -OCH3 is 1. The van der Waals surface area contributed by atoms with Crippen LogP contribution in [0.4, 0.5) is 0 Å². The SMILES string of the molecule is CCC1(CN2C3CC(OC)CC2C3)CC1. The molecule has 3 aliphatic rings. The Bertz CT molecular complexity index is 237. The summed E-state index contributed by atoms with van der Waals surface area (Å²) in [5, 5.41) is 0. The molecule has 0 aromatic heterocycles. The van der Waals surface area contributed by atoms with E-state index in [1.54, 1.807) is 0 Å². The summed E-state index contributed by atoms with van der Waals surface area (Å²) in [5.74, 6) is 0. The van der Waals surface area contributed by atoms with Crippen LogP contribution in [0.15, 0.2) is 0 Å². The van der Waals surface area contributed by atoms with Gasteiger partial charge in [-0.25, -0.2) is 0 Å². The first kappa shape index (κ1) is 10.1. The van der Waals surface area contributed by atoms with Crippen molar-refractivity contribution in [2.75, 3.05) is 13.7 Å². The van der Waals surface area contributed by atoms with Crippen molar-refractivity contribution < 1.29 is 4.74 Å². The Balaban J connectivity index is 1.57. The molecule has 0 aromatic rings. The summed E-state index contributed by atoms with van der Waals surface area (Å²) < 4.78 is 5.49. The second kappa shape index (κ2) is 3.46. The van der Waals surface area contributed by atoms with Crippen LogP contribution in [0.1, 0.15) is 45.4 Å². The first-order valence-electron chi connectivity index (χ1n) is 6.55. The topological polar surface area (TPSA) is 12.5 Å². The van der Waals surface area contributed by atoms with Gasteiger partial charge < -0.3 is 4.74 Å². The van der Waals surface area contributed by atoms with Crippen LogP contribution < -0.4 is 0 Å². The Labute approximate surface area is 93.0 Å². The summed E-state index contributed by atoms with van der Waals surface area (Å²) in [6, 6.07) is 1.72. The van der Waals surface area contributed by atoms with Gasteiger partial charge in [0.2, 0.25) is 0 Å². The molecule has 1 aliphatic carbocycles. The van der Waals surface area contributed by atoms with Crippen LogP contribution in [0.2, 0.25) is 0 Å². The number of fused-ring (bicyclic) bond motifs is 2. The lowest BCUT2D eigenvalue weighted by molar-refractivity contribution is -0.101. The first-order chi connectivity index (χ1) is 7.26. The van der Waals surface area contributed by atoms with Crippen molar-refractivity contribution in [3.05, 3.63) is 0 Å². The zero-order chi connectivity index (χ0) is 10.5. The molecule has 2 atom stereocenters. The first-order valence-corrected chi connectivity index (χ1v) is 6.55. The highest BCUT2D eigenvalue weighted by atomic mass is 16.5. The quantitative estimate of drug-likeness (QED) is 0.705. The summed E-state index contributed by atoms with van der Waals surface area (Å²) in [6.07, 6.45) is 8.91. The zero-order valence-corrected chi connectivity index (χ0v) is 10.0. The van der Waals surface area contributed by atoms with E-state index in [1.807, 2.05) is 7.11 Å². The van der Waals surface area contributed by atoms with Crippen LogP contribution in [0.3, 0.4) is 0 Å². The van der Waals surface area contributed by atoms with Crippen LogP contribution in [0.25, 0.3) is 0 Å². The molecule has 1 saturated carbocycles. The van der Waals surface area contributed by atoms with E-state index >= 15 is 0 Å². The van der Waals surface area contributed by atoms with Crippen LogP contribution in [0.5, 0.6) is 0 Å². The molecule has 2 aliphatic heterocycles. The summed E-state index contributed by atoms with van der Waals surface area (Å²) in [4.78, 5) is 2.78. The highest BCUT2D eigenvalue weighted by molar-refractivity contribution is 5.05. The van der Waals surface area contributed by atoms with Gasteiger partial charge in [0.25, 0.3) is 0 Å². The van der Waals surface area contributed by atoms with Gasteiger partial charge >= 0.3 is 0 Å². The van der Waals surface area contributed by atoms with Crippen molar-refractivity contribution in [3.63, 3.8) is 0 Å². The third kappa shape index (κ3) is 1.62. The van der Waals surface area contributed by atoms with Gasteiger partial charge in [0.1, 0.15) is 0 Å². The second-order valence-electron chi connectivity index (χ2n) is 5.90. The normalized spacial score (nSPS) is 42.4. The zero-order valence-electron chi connectivity index (χ0n) is 10.0. The standard InChI is InChI=1S/C13H23NO/c1-3-13(4-5-13)9-14-10-6-11(14)8-12(7-10)15-2/h10-12H,3-9H2,1-2H3. The van der Waals surface area contributed by atoms with Gasteiger partial charge in [-0.05, 0) is 43.9 Å². The van der Waals surface area contributed by atoms with Gasteiger partial charge in [-0.15, -0.1) is 0 Å². The van der Waals surface area contributed by atoms with E-state index in [1.165, 1.54) is 45.1 Å². The van der Waals surface area contributed by atoms with Crippen molar-refractivity contribution in [2.45, 2.75) is 63.6 Å². The third-order valence-electron chi connectivity index (χ3n) is 5.11. The maximum absolute atomic E-state index is 5.49. The van der Waals surface area contributed by atoms with Crippen LogP contribution in [-0.4, -0.2) is 36.7 Å². The third-order valence-corrected chi connectivity index (χ3v) is 5.11. The molecule has 0 N–H and O–H groups in total. The fourth-order valence-electron chi connectivity index (χ4n) is 3.55. The average Bonchev–Trinajstić information content (AvgIpc) is 3.07. The predicted octanol–water partition coefficient (Wildman–Crippen LogP) is 2.43. The van der Waals surface area contributed by atoms with Crippen molar-refractivity contribution >= 4 is 0 Å². The van der Waals surface area contributed by atoms with Gasteiger partial charge in [-0.2, -0.15) is 0 Å². The lowest BCUT2D eigenvalue weighted by atomic mass is 9.77. The largest absolute Gasteiger partial charge is 0.381 e. The number of piperidine rings is 1. The smallest absolute Gasteiger partial charge is 0.0601 e. The molecule has 86 valence electrons. The monoisotopic (exact) mass is 209 g/mol. The summed E-state index contributed by atoms with van der Waals surface area (Å²) in [5.41, 5.74) is 0.733. The second-order valence-corrected chi connectivity index (χ2v) is 5.90. The highest BCUT2D eigenvalue weighted by Crippen LogP contribution is 2.52. The fraction of sp³-hybridized carbons (Fsp3) is 1.00. The molecule has 0 spiro atoms. The molecule has 2 heteroatoms. The molecule has 2 heterocycles. The predicted molar refractivity (Wildman–Crippen MR) is 60.9 cm³/mol. The van der Waals surface area contributed by atoms with E-state index in [-0.39, 0.29) is 0 Å². The van der Waals surface area contributed by atoms with Crippen molar-refractivity contribution in [2.24, 2.45) is 5.41 Å². The maximum Gasteiger partial charge on any atom is 0.0601 e. The Morgan fingerprint density at radius 2 is 1.87 bits per heavy atom. The Hall–Kier alpha value is -0.0800. The van der Waals surface area contributed by atoms with E-state index in [9.17, 15) is 0 Å². The van der Waals surface area contributed by atoms with Crippen LogP contribution in [0, 0.1) is 5.41 Å².